The van der Waals surface area contributed by atoms with Gasteiger partial charge < -0.3 is 14.6 Å². The molecule has 2 unspecified atom stereocenters. The van der Waals surface area contributed by atoms with E-state index in [1.165, 1.54) is 13.5 Å². The predicted molar refractivity (Wildman–Crippen MR) is 95.8 cm³/mol. The van der Waals surface area contributed by atoms with Gasteiger partial charge in [0.25, 0.3) is 0 Å². The Morgan fingerprint density at radius 3 is 2.60 bits per heavy atom. The van der Waals surface area contributed by atoms with Gasteiger partial charge in [-0.1, -0.05) is 33.3 Å². The summed E-state index contributed by atoms with van der Waals surface area (Å²) >= 11 is 0. The van der Waals surface area contributed by atoms with Crippen LogP contribution in [0.4, 0.5) is 0 Å². The number of esters is 1. The first-order valence-electron chi connectivity index (χ1n) is 9.63. The van der Waals surface area contributed by atoms with Gasteiger partial charge in [0.05, 0.1) is 18.6 Å². The van der Waals surface area contributed by atoms with E-state index in [2.05, 4.69) is 20.8 Å². The summed E-state index contributed by atoms with van der Waals surface area (Å²) in [7, 11) is 1.37. The van der Waals surface area contributed by atoms with Crippen LogP contribution in [0, 0.1) is 28.1 Å². The number of hydrogen-bond donors (Lipinski definition) is 1. The maximum absolute atomic E-state index is 12.3. The van der Waals surface area contributed by atoms with Gasteiger partial charge in [0.15, 0.2) is 0 Å². The molecular weight excluding hydrogens is 316 g/mol. The van der Waals surface area contributed by atoms with Crippen LogP contribution in [0.25, 0.3) is 0 Å². The molecular formula is C21H32O4. The van der Waals surface area contributed by atoms with Crippen LogP contribution in [0.5, 0.6) is 0 Å². The molecule has 0 amide bonds. The molecule has 3 rings (SSSR count). The topological polar surface area (TPSA) is 63.6 Å². The van der Waals surface area contributed by atoms with Crippen molar-refractivity contribution in [3.8, 4) is 0 Å². The van der Waals surface area contributed by atoms with Crippen LogP contribution < -0.4 is 0 Å². The number of fused-ring (bicyclic) bond motifs is 3. The highest BCUT2D eigenvalue weighted by atomic mass is 16.5. The molecule has 3 aliphatic carbocycles. The number of allylic oxidation sites excluding steroid dienone is 1. The van der Waals surface area contributed by atoms with Crippen LogP contribution in [0.2, 0.25) is 0 Å². The van der Waals surface area contributed by atoms with Crippen LogP contribution in [-0.4, -0.2) is 30.6 Å². The largest absolute Gasteiger partial charge is 0.466 e. The predicted octanol–water partition coefficient (Wildman–Crippen LogP) is 3.67. The molecule has 1 N–H and O–H groups in total. The molecule has 140 valence electrons. The van der Waals surface area contributed by atoms with Crippen LogP contribution in [-0.2, 0) is 14.3 Å². The Hall–Kier alpha value is -1.16. The average Bonchev–Trinajstić information content (AvgIpc) is 2.71. The van der Waals surface area contributed by atoms with Gasteiger partial charge in [-0.15, -0.1) is 0 Å². The number of methoxy groups -OCH3 is 1. The van der Waals surface area contributed by atoms with Crippen molar-refractivity contribution in [1.82, 2.24) is 0 Å². The van der Waals surface area contributed by atoms with E-state index in [0.29, 0.717) is 24.3 Å². The number of ether oxygens (including phenoxy) is 1. The summed E-state index contributed by atoms with van der Waals surface area (Å²) in [4.78, 5) is 24.3. The zero-order valence-electron chi connectivity index (χ0n) is 16.0. The molecule has 0 aliphatic heterocycles. The second-order valence-corrected chi connectivity index (χ2v) is 9.40. The van der Waals surface area contributed by atoms with Gasteiger partial charge in [0.2, 0.25) is 0 Å². The van der Waals surface area contributed by atoms with E-state index in [0.717, 1.165) is 25.5 Å². The molecule has 0 saturated heterocycles. The Morgan fingerprint density at radius 1 is 1.24 bits per heavy atom. The van der Waals surface area contributed by atoms with E-state index in [4.69, 9.17) is 4.74 Å². The van der Waals surface area contributed by atoms with Crippen molar-refractivity contribution < 1.29 is 19.4 Å². The molecule has 0 spiro atoms. The Balaban J connectivity index is 2.05. The Morgan fingerprint density at radius 2 is 1.96 bits per heavy atom. The molecule has 0 bridgehead atoms. The lowest BCUT2D eigenvalue weighted by Gasteiger charge is -2.62. The van der Waals surface area contributed by atoms with E-state index in [-0.39, 0.29) is 29.1 Å². The third-order valence-electron chi connectivity index (χ3n) is 7.89. The van der Waals surface area contributed by atoms with Crippen molar-refractivity contribution in [3.63, 3.8) is 0 Å². The van der Waals surface area contributed by atoms with Gasteiger partial charge in [-0.3, -0.25) is 0 Å². The molecule has 0 heterocycles. The molecule has 2 fully saturated rings. The molecule has 0 aromatic rings. The zero-order chi connectivity index (χ0) is 18.5. The van der Waals surface area contributed by atoms with Gasteiger partial charge in [-0.05, 0) is 54.8 Å². The van der Waals surface area contributed by atoms with Crippen LogP contribution in [0.3, 0.4) is 0 Å². The number of rotatable bonds is 2. The fourth-order valence-corrected chi connectivity index (χ4v) is 6.63. The summed E-state index contributed by atoms with van der Waals surface area (Å²) < 4.78 is 4.87. The van der Waals surface area contributed by atoms with Gasteiger partial charge in [0, 0.05) is 12.0 Å². The molecule has 4 nitrogen and oxygen atoms in total. The molecule has 4 heteroatoms. The summed E-state index contributed by atoms with van der Waals surface area (Å²) in [5, 5.41) is 11.0. The maximum atomic E-state index is 12.3. The van der Waals surface area contributed by atoms with Crippen molar-refractivity contribution >= 4 is 12.3 Å². The van der Waals surface area contributed by atoms with Gasteiger partial charge in [0.1, 0.15) is 6.29 Å². The third-order valence-corrected chi connectivity index (χ3v) is 7.89. The number of carbonyl (C=O) groups is 2. The quantitative estimate of drug-likeness (QED) is 0.611. The van der Waals surface area contributed by atoms with E-state index in [1.54, 1.807) is 0 Å². The highest BCUT2D eigenvalue weighted by Gasteiger charge is 2.62. The normalized spacial score (nSPS) is 43.1. The van der Waals surface area contributed by atoms with Crippen molar-refractivity contribution in [1.29, 1.82) is 0 Å². The fourth-order valence-electron chi connectivity index (χ4n) is 6.63. The van der Waals surface area contributed by atoms with Gasteiger partial charge in [-0.2, -0.15) is 0 Å². The third kappa shape index (κ3) is 2.68. The minimum absolute atomic E-state index is 0.0178. The minimum atomic E-state index is -0.814. The molecule has 0 aromatic heterocycles. The SMILES string of the molecule is COC(=O)C1=CC[C@@H]2[C@@]3(C)CCCC(C)(C)C3CC[C@@]2(C=O)C(O)C1. The lowest BCUT2D eigenvalue weighted by Crippen LogP contribution is -2.59. The molecule has 5 atom stereocenters. The number of carbonyl (C=O) groups excluding carboxylic acids is 2. The fraction of sp³-hybridized carbons (Fsp3) is 0.810. The second-order valence-electron chi connectivity index (χ2n) is 9.40. The minimum Gasteiger partial charge on any atom is -0.466 e. The number of aliphatic hydroxyl groups is 1. The van der Waals surface area contributed by atoms with Crippen molar-refractivity contribution in [3.05, 3.63) is 11.6 Å². The van der Waals surface area contributed by atoms with E-state index >= 15 is 0 Å². The van der Waals surface area contributed by atoms with E-state index < -0.39 is 11.5 Å². The van der Waals surface area contributed by atoms with Crippen LogP contribution in [0.1, 0.15) is 65.7 Å². The molecule has 25 heavy (non-hydrogen) atoms. The first kappa shape index (κ1) is 18.6. The molecule has 2 saturated carbocycles. The summed E-state index contributed by atoms with van der Waals surface area (Å²) in [6.45, 7) is 7.03. The maximum Gasteiger partial charge on any atom is 0.333 e. The van der Waals surface area contributed by atoms with Crippen molar-refractivity contribution in [2.75, 3.05) is 7.11 Å². The molecule has 0 radical (unpaired) electrons. The molecule has 3 aliphatic rings. The number of aldehydes is 1. The number of hydrogen-bond acceptors (Lipinski definition) is 4. The Labute approximate surface area is 151 Å². The van der Waals surface area contributed by atoms with E-state index in [9.17, 15) is 14.7 Å². The zero-order valence-corrected chi connectivity index (χ0v) is 16.0. The van der Waals surface area contributed by atoms with Crippen LogP contribution >= 0.6 is 0 Å². The lowest BCUT2D eigenvalue weighted by atomic mass is 9.42. The summed E-state index contributed by atoms with van der Waals surface area (Å²) in [5.74, 6) is 0.240. The Kier molecular flexibility index (Phi) is 4.64. The lowest BCUT2D eigenvalue weighted by molar-refractivity contribution is -0.170. The smallest absolute Gasteiger partial charge is 0.333 e. The monoisotopic (exact) mass is 348 g/mol. The van der Waals surface area contributed by atoms with E-state index in [1.807, 2.05) is 6.08 Å². The highest BCUT2D eigenvalue weighted by Crippen LogP contribution is 2.66. The first-order valence-corrected chi connectivity index (χ1v) is 9.63. The average molecular weight is 348 g/mol. The number of aliphatic hydroxyl groups excluding tert-OH is 1. The second kappa shape index (κ2) is 6.22. The highest BCUT2D eigenvalue weighted by molar-refractivity contribution is 5.88. The Bertz CT molecular complexity index is 593. The standard InChI is InChI=1S/C21H32O4/c1-19(2)9-5-10-20(3)15(19)8-11-21(13-22)16(20)7-6-14(12-17(21)23)18(24)25-4/h6,13,15-17,23H,5,7-12H2,1-4H3/t15?,16-,17?,20+,21+/m1/s1. The van der Waals surface area contributed by atoms with Crippen molar-refractivity contribution in [2.24, 2.45) is 28.1 Å². The van der Waals surface area contributed by atoms with Crippen LogP contribution in [0.15, 0.2) is 11.6 Å². The first-order chi connectivity index (χ1) is 11.7. The van der Waals surface area contributed by atoms with Gasteiger partial charge in [-0.25, -0.2) is 4.79 Å². The summed E-state index contributed by atoms with van der Waals surface area (Å²) in [6.07, 6.45) is 8.18. The summed E-state index contributed by atoms with van der Waals surface area (Å²) in [5.41, 5.74) is 0.0455. The summed E-state index contributed by atoms with van der Waals surface area (Å²) in [6, 6.07) is 0. The van der Waals surface area contributed by atoms with Gasteiger partial charge >= 0.3 is 5.97 Å². The van der Waals surface area contributed by atoms with Crippen molar-refractivity contribution in [2.45, 2.75) is 71.8 Å². The molecule has 0 aromatic carbocycles.